The number of ether oxygens (including phenoxy) is 9. The summed E-state index contributed by atoms with van der Waals surface area (Å²) >= 11 is 0. The second-order valence-corrected chi connectivity index (χ2v) is 15.0. The van der Waals surface area contributed by atoms with E-state index in [0.29, 0.717) is 13.2 Å². The number of aliphatic hydroxyl groups excluding tert-OH is 1. The average Bonchev–Trinajstić information content (AvgIpc) is 3.29. The van der Waals surface area contributed by atoms with Crippen LogP contribution in [0.3, 0.4) is 0 Å². The van der Waals surface area contributed by atoms with Crippen LogP contribution < -0.4 is 0 Å². The molecule has 60 heavy (non-hydrogen) atoms. The molecule has 10 nitrogen and oxygen atoms in total. The molecule has 7 rings (SSSR count). The summed E-state index contributed by atoms with van der Waals surface area (Å²) in [7, 11) is 0. The number of hydrogen-bond donors (Lipinski definition) is 1. The molecule has 0 aromatic heterocycles. The summed E-state index contributed by atoms with van der Waals surface area (Å²) in [5.74, 6) is 0. The van der Waals surface area contributed by atoms with Gasteiger partial charge in [0.15, 0.2) is 12.6 Å². The minimum absolute atomic E-state index is 0.0534. The lowest BCUT2D eigenvalue weighted by atomic mass is 9.96. The van der Waals surface area contributed by atoms with Crippen LogP contribution in [0.25, 0.3) is 0 Å². The summed E-state index contributed by atoms with van der Waals surface area (Å²) in [6.07, 6.45) is -6.86. The van der Waals surface area contributed by atoms with Crippen molar-refractivity contribution in [2.24, 2.45) is 0 Å². The number of aliphatic hydroxyl groups is 1. The highest BCUT2D eigenvalue weighted by Gasteiger charge is 2.53. The Morgan fingerprint density at radius 2 is 0.900 bits per heavy atom. The van der Waals surface area contributed by atoms with Gasteiger partial charge in [-0.25, -0.2) is 0 Å². The third-order valence-corrected chi connectivity index (χ3v) is 10.6. The molecule has 0 radical (unpaired) electrons. The smallest absolute Gasteiger partial charge is 0.187 e. The van der Waals surface area contributed by atoms with E-state index in [1.165, 1.54) is 0 Å². The van der Waals surface area contributed by atoms with Gasteiger partial charge < -0.3 is 47.7 Å². The highest BCUT2D eigenvalue weighted by Crippen LogP contribution is 2.35. The molecule has 10 atom stereocenters. The van der Waals surface area contributed by atoms with Gasteiger partial charge in [-0.2, -0.15) is 0 Å². The van der Waals surface area contributed by atoms with Crippen molar-refractivity contribution in [1.29, 1.82) is 0 Å². The molecular weight excluding hydrogens is 761 g/mol. The fourth-order valence-electron chi connectivity index (χ4n) is 7.43. The van der Waals surface area contributed by atoms with Crippen LogP contribution in [0.15, 0.2) is 164 Å². The molecule has 0 spiro atoms. The van der Waals surface area contributed by atoms with Gasteiger partial charge in [-0.1, -0.05) is 158 Å². The van der Waals surface area contributed by atoms with E-state index in [-0.39, 0.29) is 33.0 Å². The monoisotopic (exact) mass is 816 g/mol. The summed E-state index contributed by atoms with van der Waals surface area (Å²) in [6, 6.07) is 49.4. The minimum atomic E-state index is -1.15. The van der Waals surface area contributed by atoms with E-state index >= 15 is 0 Å². The van der Waals surface area contributed by atoms with E-state index in [4.69, 9.17) is 42.6 Å². The zero-order chi connectivity index (χ0) is 41.4. The molecule has 2 heterocycles. The highest BCUT2D eigenvalue weighted by atomic mass is 16.8. The Labute approximate surface area is 353 Å². The lowest BCUT2D eigenvalue weighted by Gasteiger charge is -2.49. The molecule has 5 aromatic rings. The van der Waals surface area contributed by atoms with Crippen molar-refractivity contribution in [3.63, 3.8) is 0 Å². The number of hydrogen-bond acceptors (Lipinski definition) is 10. The molecule has 0 saturated carbocycles. The van der Waals surface area contributed by atoms with Gasteiger partial charge in [-0.15, -0.1) is 6.58 Å². The fourth-order valence-corrected chi connectivity index (χ4v) is 7.43. The Balaban J connectivity index is 1.22. The van der Waals surface area contributed by atoms with Crippen LogP contribution in [-0.2, 0) is 75.7 Å². The molecule has 316 valence electrons. The SMILES string of the molecule is C=CCO[C@@H]1O[C@@H](C)[C@H](OCc2ccccc2)[C@@H](OCc2ccccc2)[C@H]1O[C@H]1O[C@H](COCc2ccccc2)[C@@H](O)[C@H](OCc2ccccc2)[C@H]1OCc1ccccc1. The van der Waals surface area contributed by atoms with Crippen LogP contribution in [0.5, 0.6) is 0 Å². The van der Waals surface area contributed by atoms with Gasteiger partial charge in [0.05, 0.1) is 52.4 Å². The molecule has 2 aliphatic heterocycles. The van der Waals surface area contributed by atoms with Crippen LogP contribution in [-0.4, -0.2) is 79.7 Å². The lowest BCUT2D eigenvalue weighted by molar-refractivity contribution is -0.377. The van der Waals surface area contributed by atoms with Crippen molar-refractivity contribution in [3.05, 3.63) is 192 Å². The molecule has 0 amide bonds. The quantitative estimate of drug-likeness (QED) is 0.0735. The third-order valence-electron chi connectivity index (χ3n) is 10.6. The topological polar surface area (TPSA) is 103 Å². The lowest BCUT2D eigenvalue weighted by Crippen LogP contribution is -2.65. The van der Waals surface area contributed by atoms with Crippen molar-refractivity contribution in [2.45, 2.75) is 101 Å². The maximum Gasteiger partial charge on any atom is 0.187 e. The first kappa shape index (κ1) is 43.5. The summed E-state index contributed by atoms with van der Waals surface area (Å²) in [5.41, 5.74) is 4.85. The predicted octanol–water partition coefficient (Wildman–Crippen LogP) is 7.96. The van der Waals surface area contributed by atoms with Crippen LogP contribution in [0.1, 0.15) is 34.7 Å². The van der Waals surface area contributed by atoms with Crippen molar-refractivity contribution in [2.75, 3.05) is 13.2 Å². The Kier molecular flexibility index (Phi) is 16.6. The maximum atomic E-state index is 12.1. The van der Waals surface area contributed by atoms with Crippen molar-refractivity contribution in [3.8, 4) is 0 Å². The molecule has 0 unspecified atom stereocenters. The molecule has 1 N–H and O–H groups in total. The van der Waals surface area contributed by atoms with Crippen LogP contribution in [0.2, 0.25) is 0 Å². The Bertz CT molecular complexity index is 1940. The summed E-state index contributed by atoms with van der Waals surface area (Å²) in [5, 5.41) is 12.1. The molecule has 2 fully saturated rings. The minimum Gasteiger partial charge on any atom is -0.387 e. The van der Waals surface area contributed by atoms with Crippen LogP contribution in [0, 0.1) is 0 Å². The predicted molar refractivity (Wildman–Crippen MR) is 226 cm³/mol. The molecular formula is C50H56O10. The Hall–Kier alpha value is -4.56. The normalized spacial score (nSPS) is 26.7. The van der Waals surface area contributed by atoms with Gasteiger partial charge in [0.2, 0.25) is 0 Å². The van der Waals surface area contributed by atoms with E-state index in [9.17, 15) is 5.11 Å². The van der Waals surface area contributed by atoms with Crippen molar-refractivity contribution in [1.82, 2.24) is 0 Å². The van der Waals surface area contributed by atoms with Crippen LogP contribution in [0.4, 0.5) is 0 Å². The van der Waals surface area contributed by atoms with E-state index in [2.05, 4.69) is 6.58 Å². The van der Waals surface area contributed by atoms with Gasteiger partial charge in [0.1, 0.15) is 42.7 Å². The zero-order valence-electron chi connectivity index (χ0n) is 34.1. The molecule has 5 aromatic carbocycles. The largest absolute Gasteiger partial charge is 0.387 e. The van der Waals surface area contributed by atoms with Crippen molar-refractivity contribution >= 4 is 0 Å². The van der Waals surface area contributed by atoms with Gasteiger partial charge in [0, 0.05) is 0 Å². The van der Waals surface area contributed by atoms with Gasteiger partial charge in [0.25, 0.3) is 0 Å². The fraction of sp³-hybridized carbons (Fsp3) is 0.360. The molecule has 2 aliphatic rings. The van der Waals surface area contributed by atoms with Gasteiger partial charge in [-0.3, -0.25) is 0 Å². The van der Waals surface area contributed by atoms with Gasteiger partial charge in [-0.05, 0) is 34.7 Å². The highest BCUT2D eigenvalue weighted by molar-refractivity contribution is 5.17. The Morgan fingerprint density at radius 1 is 0.483 bits per heavy atom. The number of benzene rings is 5. The first-order valence-electron chi connectivity index (χ1n) is 20.7. The summed E-state index contributed by atoms with van der Waals surface area (Å²) < 4.78 is 59.8. The van der Waals surface area contributed by atoms with E-state index < -0.39 is 61.4 Å². The van der Waals surface area contributed by atoms with Gasteiger partial charge >= 0.3 is 0 Å². The second-order valence-electron chi connectivity index (χ2n) is 15.0. The standard InChI is InChI=1S/C50H56O10/c1-3-29-53-49-48(46(56-33-40-25-15-7-16-26-40)44(36(2)58-49)54-31-38-21-11-5-12-22-38)60-50-47(57-34-41-27-17-8-18-28-41)45(55-32-39-23-13-6-14-24-39)43(51)42(59-50)35-52-30-37-19-9-4-10-20-37/h3-28,36,42-51H,1,29-35H2,2H3/t36-,42+,43+,44-,45-,46+,47+,48+,49+,50+/m0/s1. The summed E-state index contributed by atoms with van der Waals surface area (Å²) in [6.45, 7) is 7.41. The molecule has 0 bridgehead atoms. The maximum absolute atomic E-state index is 12.1. The third kappa shape index (κ3) is 12.3. The van der Waals surface area contributed by atoms with E-state index in [1.807, 2.05) is 159 Å². The van der Waals surface area contributed by atoms with E-state index in [1.54, 1.807) is 6.08 Å². The molecule has 0 aliphatic carbocycles. The first-order chi connectivity index (χ1) is 29.6. The second kappa shape index (κ2) is 22.9. The van der Waals surface area contributed by atoms with Crippen LogP contribution >= 0.6 is 0 Å². The summed E-state index contributed by atoms with van der Waals surface area (Å²) in [4.78, 5) is 0. The molecule has 2 saturated heterocycles. The zero-order valence-corrected chi connectivity index (χ0v) is 34.1. The first-order valence-corrected chi connectivity index (χ1v) is 20.7. The average molecular weight is 817 g/mol. The molecule has 10 heteroatoms. The number of rotatable bonds is 21. The Morgan fingerprint density at radius 3 is 1.37 bits per heavy atom. The van der Waals surface area contributed by atoms with Crippen molar-refractivity contribution < 1.29 is 47.7 Å². The van der Waals surface area contributed by atoms with E-state index in [0.717, 1.165) is 27.8 Å².